The fourth-order valence-corrected chi connectivity index (χ4v) is 2.19. The Morgan fingerprint density at radius 3 is 1.88 bits per heavy atom. The number of hydrogen-bond donors (Lipinski definition) is 2. The van der Waals surface area contributed by atoms with Gasteiger partial charge in [-0.15, -0.1) is 18.1 Å². The zero-order valence-corrected chi connectivity index (χ0v) is 12.2. The molecular formula is C12H21BO3Si-. The molecule has 0 aliphatic carbocycles. The smallest absolute Gasteiger partial charge is 0.488 e. The summed E-state index contributed by atoms with van der Waals surface area (Å²) >= 11 is 0. The molecule has 0 unspecified atom stereocenters. The first kappa shape index (κ1) is 14.3. The highest BCUT2D eigenvalue weighted by molar-refractivity contribution is 6.74. The van der Waals surface area contributed by atoms with E-state index in [0.717, 1.165) is 5.75 Å². The molecule has 0 saturated carbocycles. The molecule has 1 rings (SSSR count). The lowest BCUT2D eigenvalue weighted by Gasteiger charge is -2.48. The van der Waals surface area contributed by atoms with Gasteiger partial charge in [-0.3, -0.25) is 0 Å². The van der Waals surface area contributed by atoms with Gasteiger partial charge in [0, 0.05) is 8.32 Å². The Hall–Kier alpha value is -0.778. The molecule has 0 heterocycles. The molecule has 0 aliphatic rings. The summed E-state index contributed by atoms with van der Waals surface area (Å²) in [6.45, 7) is 10.9. The number of hydrogen-bond acceptors (Lipinski definition) is 3. The first-order valence-electron chi connectivity index (χ1n) is 5.78. The Morgan fingerprint density at radius 1 is 1.06 bits per heavy atom. The van der Waals surface area contributed by atoms with Gasteiger partial charge in [-0.25, -0.2) is 0 Å². The predicted octanol–water partition coefficient (Wildman–Crippen LogP) is 1.75. The Bertz CT molecular complexity index is 368. The molecule has 3 nitrogen and oxygen atoms in total. The minimum atomic E-state index is -1.82. The summed E-state index contributed by atoms with van der Waals surface area (Å²) in [6, 6.07) is 6.92. The molecule has 0 spiro atoms. The predicted molar refractivity (Wildman–Crippen MR) is 74.1 cm³/mol. The largest absolute Gasteiger partial charge is 0.689 e. The third kappa shape index (κ3) is 3.59. The molecule has 17 heavy (non-hydrogen) atoms. The first-order chi connectivity index (χ1) is 7.63. The van der Waals surface area contributed by atoms with Crippen molar-refractivity contribution in [3.8, 4) is 5.75 Å². The minimum absolute atomic E-state index is 0.155. The molecular weight excluding hydrogens is 231 g/mol. The molecule has 1 aromatic carbocycles. The highest BCUT2D eigenvalue weighted by atomic mass is 28.4. The zero-order valence-electron chi connectivity index (χ0n) is 11.2. The molecule has 0 aliphatic heterocycles. The average molecular weight is 252 g/mol. The van der Waals surface area contributed by atoms with Gasteiger partial charge in [0.2, 0.25) is 0 Å². The van der Waals surface area contributed by atoms with Crippen molar-refractivity contribution in [3.05, 3.63) is 24.3 Å². The van der Waals surface area contributed by atoms with E-state index in [1.54, 1.807) is 24.3 Å². The molecule has 0 atom stereocenters. The minimum Gasteiger partial charge on any atom is -0.689 e. The standard InChI is InChI=1S/C12H21BO3Si/c1-12(2,3)17(4,5)16-11-8-6-10(7-9-11)13(14)15/h6-9,14-15H,1-5H3/q-1. The molecule has 0 saturated heterocycles. The van der Waals surface area contributed by atoms with E-state index >= 15 is 0 Å². The Labute approximate surface area is 105 Å². The number of benzene rings is 1. The molecule has 0 fully saturated rings. The van der Waals surface area contributed by atoms with E-state index in [4.69, 9.17) is 14.5 Å². The molecule has 95 valence electrons. The van der Waals surface area contributed by atoms with Crippen LogP contribution in [-0.2, 0) is 0 Å². The maximum Gasteiger partial charge on any atom is 0.488 e. The van der Waals surface area contributed by atoms with Crippen molar-refractivity contribution in [1.82, 2.24) is 0 Å². The monoisotopic (exact) mass is 252 g/mol. The molecule has 0 bridgehead atoms. The summed E-state index contributed by atoms with van der Waals surface area (Å²) in [4.78, 5) is 0. The quantitative estimate of drug-likeness (QED) is 0.806. The van der Waals surface area contributed by atoms with Crippen LogP contribution >= 0.6 is 0 Å². The Balaban J connectivity index is 2.83. The highest BCUT2D eigenvalue weighted by Crippen LogP contribution is 2.37. The summed E-state index contributed by atoms with van der Waals surface area (Å²) in [7, 11) is -3.23. The van der Waals surface area contributed by atoms with Gasteiger partial charge in [0.05, 0.1) is 5.75 Å². The van der Waals surface area contributed by atoms with Crippen molar-refractivity contribution in [2.24, 2.45) is 0 Å². The van der Waals surface area contributed by atoms with Gasteiger partial charge in [0.15, 0.2) is 0 Å². The summed E-state index contributed by atoms with van der Waals surface area (Å²) in [6.07, 6.45) is 0. The van der Waals surface area contributed by atoms with Crippen molar-refractivity contribution in [2.45, 2.75) is 38.9 Å². The second-order valence-corrected chi connectivity index (χ2v) is 10.5. The lowest BCUT2D eigenvalue weighted by Crippen LogP contribution is -2.44. The van der Waals surface area contributed by atoms with Gasteiger partial charge in [-0.05, 0) is 17.6 Å². The summed E-state index contributed by atoms with van der Waals surface area (Å²) in [5.74, 6) is 0.793. The molecule has 0 aromatic heterocycles. The van der Waals surface area contributed by atoms with Gasteiger partial charge in [0.25, 0.3) is 0 Å². The molecule has 0 amide bonds. The van der Waals surface area contributed by atoms with Crippen LogP contribution in [-0.4, -0.2) is 25.5 Å². The number of rotatable bonds is 3. The van der Waals surface area contributed by atoms with Gasteiger partial charge < -0.3 is 14.5 Å². The van der Waals surface area contributed by atoms with E-state index in [9.17, 15) is 0 Å². The van der Waals surface area contributed by atoms with Crippen LogP contribution in [0, 0.1) is 0 Å². The van der Waals surface area contributed by atoms with Gasteiger partial charge in [-0.1, -0.05) is 32.9 Å². The van der Waals surface area contributed by atoms with E-state index in [2.05, 4.69) is 33.9 Å². The van der Waals surface area contributed by atoms with E-state index in [0.29, 0.717) is 5.46 Å². The van der Waals surface area contributed by atoms with Gasteiger partial charge in [-0.2, -0.15) is 0 Å². The molecule has 1 aromatic rings. The normalized spacial score (nSPS) is 12.4. The SMILES string of the molecule is CC(C)(C)[Si-](C)(C)Oc1ccc(B(O)O)cc1. The van der Waals surface area contributed by atoms with Crippen molar-refractivity contribution < 1.29 is 14.5 Å². The third-order valence-electron chi connectivity index (χ3n) is 3.36. The highest BCUT2D eigenvalue weighted by Gasteiger charge is 2.26. The fraction of sp³-hybridized carbons (Fsp3) is 0.500. The maximum absolute atomic E-state index is 9.00. The van der Waals surface area contributed by atoms with Crippen molar-refractivity contribution in [3.63, 3.8) is 0 Å². The van der Waals surface area contributed by atoms with Crippen molar-refractivity contribution >= 4 is 20.9 Å². The van der Waals surface area contributed by atoms with Crippen molar-refractivity contribution in [1.29, 1.82) is 0 Å². The van der Waals surface area contributed by atoms with Crippen LogP contribution < -0.4 is 9.89 Å². The first-order valence-corrected chi connectivity index (χ1v) is 8.69. The third-order valence-corrected chi connectivity index (χ3v) is 7.72. The Morgan fingerprint density at radius 2 is 1.53 bits per heavy atom. The molecule has 0 radical (unpaired) electrons. The lowest BCUT2D eigenvalue weighted by molar-refractivity contribution is 0.425. The molecule has 5 heteroatoms. The second kappa shape index (κ2) is 4.84. The fourth-order valence-electron chi connectivity index (χ4n) is 1.16. The molecule has 2 N–H and O–H groups in total. The zero-order chi connectivity index (χ0) is 13.3. The van der Waals surface area contributed by atoms with Crippen LogP contribution in [0.25, 0.3) is 0 Å². The van der Waals surface area contributed by atoms with Gasteiger partial charge in [0.1, 0.15) is 0 Å². The second-order valence-electron chi connectivity index (χ2n) is 5.81. The summed E-state index contributed by atoms with van der Waals surface area (Å²) in [5, 5.41) is 18.2. The van der Waals surface area contributed by atoms with Crippen LogP contribution in [0.3, 0.4) is 0 Å². The van der Waals surface area contributed by atoms with Crippen LogP contribution in [0.4, 0.5) is 0 Å². The van der Waals surface area contributed by atoms with E-state index in [1.807, 2.05) is 0 Å². The van der Waals surface area contributed by atoms with Gasteiger partial charge >= 0.3 is 7.12 Å². The van der Waals surface area contributed by atoms with Crippen molar-refractivity contribution in [2.75, 3.05) is 0 Å². The van der Waals surface area contributed by atoms with E-state index < -0.39 is 15.4 Å². The lowest BCUT2D eigenvalue weighted by atomic mass is 9.80. The van der Waals surface area contributed by atoms with E-state index in [1.165, 1.54) is 0 Å². The van der Waals surface area contributed by atoms with E-state index in [-0.39, 0.29) is 5.04 Å². The topological polar surface area (TPSA) is 49.7 Å². The summed E-state index contributed by atoms with van der Waals surface area (Å²) in [5.41, 5.74) is 0.479. The summed E-state index contributed by atoms with van der Waals surface area (Å²) < 4.78 is 6.08. The maximum atomic E-state index is 9.00. The van der Waals surface area contributed by atoms with Crippen LogP contribution in [0.2, 0.25) is 18.1 Å². The van der Waals surface area contributed by atoms with Crippen LogP contribution in [0.15, 0.2) is 24.3 Å². The van der Waals surface area contributed by atoms with Crippen LogP contribution in [0.5, 0.6) is 5.75 Å². The van der Waals surface area contributed by atoms with Crippen LogP contribution in [0.1, 0.15) is 20.8 Å². The Kier molecular flexibility index (Phi) is 4.07. The average Bonchev–Trinajstić information content (AvgIpc) is 2.16.